The predicted octanol–water partition coefficient (Wildman–Crippen LogP) is 4.20. The summed E-state index contributed by atoms with van der Waals surface area (Å²) in [6.45, 7) is 4.24. The molecule has 0 bridgehead atoms. The van der Waals surface area contributed by atoms with Crippen LogP contribution in [0.1, 0.15) is 42.2 Å². The fourth-order valence-electron chi connectivity index (χ4n) is 3.15. The number of aryl methyl sites for hydroxylation is 2. The lowest BCUT2D eigenvalue weighted by atomic mass is 10.1. The number of fused-ring (bicyclic) bond motifs is 3. The van der Waals surface area contributed by atoms with Gasteiger partial charge < -0.3 is 4.74 Å². The molecule has 2 aromatic carbocycles. The normalized spacial score (nSPS) is 16.0. The Morgan fingerprint density at radius 1 is 1.17 bits per heavy atom. The second kappa shape index (κ2) is 6.11. The lowest BCUT2D eigenvalue weighted by Crippen LogP contribution is -2.10. The zero-order valence-electron chi connectivity index (χ0n) is 14.1. The molecule has 0 saturated carbocycles. The van der Waals surface area contributed by atoms with Gasteiger partial charge in [0.2, 0.25) is 0 Å². The van der Waals surface area contributed by atoms with Crippen LogP contribution in [-0.4, -0.2) is 14.8 Å². The number of nitrogens with zero attached hydrogens (tertiary/aromatic N) is 3. The van der Waals surface area contributed by atoms with Crippen LogP contribution in [0.15, 0.2) is 48.5 Å². The van der Waals surface area contributed by atoms with Crippen molar-refractivity contribution >= 4 is 0 Å². The fraction of sp³-hybridized carbons (Fsp3) is 0.300. The monoisotopic (exact) mass is 319 g/mol. The van der Waals surface area contributed by atoms with E-state index >= 15 is 0 Å². The third-order valence-electron chi connectivity index (χ3n) is 4.34. The van der Waals surface area contributed by atoms with E-state index in [1.54, 1.807) is 0 Å². The van der Waals surface area contributed by atoms with E-state index < -0.39 is 0 Å². The maximum absolute atomic E-state index is 6.34. The molecule has 0 amide bonds. The number of aromatic nitrogens is 3. The van der Waals surface area contributed by atoms with Crippen LogP contribution in [-0.2, 0) is 12.8 Å². The van der Waals surface area contributed by atoms with Gasteiger partial charge in [-0.2, -0.15) is 5.10 Å². The van der Waals surface area contributed by atoms with E-state index in [2.05, 4.69) is 38.1 Å². The van der Waals surface area contributed by atoms with Crippen LogP contribution in [0.2, 0.25) is 0 Å². The molecule has 2 heterocycles. The largest absolute Gasteiger partial charge is 0.483 e. The fourth-order valence-corrected chi connectivity index (χ4v) is 3.15. The van der Waals surface area contributed by atoms with Crippen molar-refractivity contribution in [3.8, 4) is 11.4 Å². The summed E-state index contributed by atoms with van der Waals surface area (Å²) in [5.74, 6) is 2.74. The van der Waals surface area contributed by atoms with Crippen molar-refractivity contribution in [1.29, 1.82) is 0 Å². The van der Waals surface area contributed by atoms with E-state index in [1.807, 2.05) is 28.9 Å². The second-order valence-corrected chi connectivity index (χ2v) is 6.30. The minimum atomic E-state index is -0.0485. The smallest absolute Gasteiger partial charge is 0.151 e. The standard InChI is InChI=1S/C20H21N3O/c1-3-7-19-21-20-13-18(15-8-5-4-6-9-15)24-17-11-10-14(2)12-16(17)23(20)22-19/h4-6,8-12,18H,3,7,13H2,1-2H3. The molecule has 1 atom stereocenters. The van der Waals surface area contributed by atoms with Crippen molar-refractivity contribution in [3.05, 3.63) is 71.3 Å². The Kier molecular flexibility index (Phi) is 3.81. The summed E-state index contributed by atoms with van der Waals surface area (Å²) in [5, 5.41) is 4.74. The lowest BCUT2D eigenvalue weighted by Gasteiger charge is -2.17. The van der Waals surface area contributed by atoms with E-state index in [0.717, 1.165) is 41.5 Å². The molecule has 0 spiro atoms. The van der Waals surface area contributed by atoms with Crippen molar-refractivity contribution in [2.24, 2.45) is 0 Å². The van der Waals surface area contributed by atoms with Gasteiger partial charge in [0.1, 0.15) is 23.4 Å². The Morgan fingerprint density at radius 3 is 2.79 bits per heavy atom. The number of ether oxygens (including phenoxy) is 1. The number of hydrogen-bond donors (Lipinski definition) is 0. The first-order chi connectivity index (χ1) is 11.7. The topological polar surface area (TPSA) is 39.9 Å². The van der Waals surface area contributed by atoms with Crippen LogP contribution in [0.25, 0.3) is 5.69 Å². The van der Waals surface area contributed by atoms with Gasteiger partial charge in [-0.15, -0.1) is 0 Å². The molecule has 1 aliphatic rings. The van der Waals surface area contributed by atoms with Crippen LogP contribution in [0.3, 0.4) is 0 Å². The van der Waals surface area contributed by atoms with Gasteiger partial charge in [0.15, 0.2) is 5.82 Å². The summed E-state index contributed by atoms with van der Waals surface area (Å²) in [4.78, 5) is 4.78. The first-order valence-corrected chi connectivity index (χ1v) is 8.52. The van der Waals surface area contributed by atoms with Crippen molar-refractivity contribution in [1.82, 2.24) is 14.8 Å². The summed E-state index contributed by atoms with van der Waals surface area (Å²) in [7, 11) is 0. The van der Waals surface area contributed by atoms with Crippen LogP contribution in [0.5, 0.6) is 5.75 Å². The van der Waals surface area contributed by atoms with Crippen molar-refractivity contribution in [3.63, 3.8) is 0 Å². The Balaban J connectivity index is 1.84. The third kappa shape index (κ3) is 2.68. The quantitative estimate of drug-likeness (QED) is 0.726. The summed E-state index contributed by atoms with van der Waals surface area (Å²) < 4.78 is 8.31. The van der Waals surface area contributed by atoms with Crippen molar-refractivity contribution in [2.75, 3.05) is 0 Å². The Bertz CT molecular complexity index is 855. The molecular formula is C20H21N3O. The molecule has 0 N–H and O–H groups in total. The van der Waals surface area contributed by atoms with Gasteiger partial charge in [0, 0.05) is 12.8 Å². The average molecular weight is 319 g/mol. The Hall–Kier alpha value is -2.62. The van der Waals surface area contributed by atoms with Gasteiger partial charge >= 0.3 is 0 Å². The highest BCUT2D eigenvalue weighted by Gasteiger charge is 2.26. The van der Waals surface area contributed by atoms with Gasteiger partial charge in [0.25, 0.3) is 0 Å². The molecule has 4 heteroatoms. The summed E-state index contributed by atoms with van der Waals surface area (Å²) in [6, 6.07) is 16.6. The number of benzene rings is 2. The van der Waals surface area contributed by atoms with Crippen molar-refractivity contribution < 1.29 is 4.74 Å². The average Bonchev–Trinajstić information content (AvgIpc) is 2.92. The summed E-state index contributed by atoms with van der Waals surface area (Å²) >= 11 is 0. The highest BCUT2D eigenvalue weighted by atomic mass is 16.5. The maximum atomic E-state index is 6.34. The van der Waals surface area contributed by atoms with Crippen LogP contribution >= 0.6 is 0 Å². The third-order valence-corrected chi connectivity index (χ3v) is 4.34. The highest BCUT2D eigenvalue weighted by Crippen LogP contribution is 2.34. The zero-order chi connectivity index (χ0) is 16.5. The Labute approximate surface area is 142 Å². The van der Waals surface area contributed by atoms with Crippen LogP contribution in [0.4, 0.5) is 0 Å². The van der Waals surface area contributed by atoms with Gasteiger partial charge in [0.05, 0.1) is 0 Å². The van der Waals surface area contributed by atoms with Gasteiger partial charge in [-0.25, -0.2) is 9.67 Å². The maximum Gasteiger partial charge on any atom is 0.151 e. The van der Waals surface area contributed by atoms with Gasteiger partial charge in [-0.1, -0.05) is 43.3 Å². The molecule has 4 nitrogen and oxygen atoms in total. The minimum absolute atomic E-state index is 0.0485. The van der Waals surface area contributed by atoms with Crippen molar-refractivity contribution in [2.45, 2.75) is 39.2 Å². The molecule has 1 aromatic heterocycles. The molecule has 0 fully saturated rings. The highest BCUT2D eigenvalue weighted by molar-refractivity contribution is 5.50. The summed E-state index contributed by atoms with van der Waals surface area (Å²) in [6.07, 6.45) is 2.61. The molecule has 24 heavy (non-hydrogen) atoms. The van der Waals surface area contributed by atoms with Gasteiger partial charge in [-0.3, -0.25) is 0 Å². The number of hydrogen-bond acceptors (Lipinski definition) is 3. The van der Waals surface area contributed by atoms with E-state index in [0.29, 0.717) is 6.42 Å². The second-order valence-electron chi connectivity index (χ2n) is 6.30. The SMILES string of the molecule is CCCc1nc2n(n1)-c1cc(C)ccc1OC(c1ccccc1)C2. The van der Waals surface area contributed by atoms with Crippen LogP contribution in [0, 0.1) is 6.92 Å². The molecule has 0 aliphatic carbocycles. The minimum Gasteiger partial charge on any atom is -0.483 e. The molecular weight excluding hydrogens is 298 g/mol. The first kappa shape index (κ1) is 14.9. The number of rotatable bonds is 3. The molecule has 3 aromatic rings. The molecule has 0 radical (unpaired) electrons. The molecule has 1 unspecified atom stereocenters. The predicted molar refractivity (Wildman–Crippen MR) is 93.6 cm³/mol. The van der Waals surface area contributed by atoms with Crippen LogP contribution < -0.4 is 4.74 Å². The van der Waals surface area contributed by atoms with E-state index in [4.69, 9.17) is 14.8 Å². The summed E-state index contributed by atoms with van der Waals surface area (Å²) in [5.41, 5.74) is 3.34. The molecule has 0 saturated heterocycles. The Morgan fingerprint density at radius 2 is 2.00 bits per heavy atom. The molecule has 1 aliphatic heterocycles. The lowest BCUT2D eigenvalue weighted by molar-refractivity contribution is 0.208. The van der Waals surface area contributed by atoms with Gasteiger partial charge in [-0.05, 0) is 36.6 Å². The van der Waals surface area contributed by atoms with E-state index in [-0.39, 0.29) is 6.10 Å². The molecule has 4 rings (SSSR count). The zero-order valence-corrected chi connectivity index (χ0v) is 14.1. The van der Waals surface area contributed by atoms with E-state index in [1.165, 1.54) is 5.56 Å². The first-order valence-electron chi connectivity index (χ1n) is 8.52. The molecule has 122 valence electrons. The van der Waals surface area contributed by atoms with E-state index in [9.17, 15) is 0 Å².